The zero-order chi connectivity index (χ0) is 15.9. The van der Waals surface area contributed by atoms with Crippen LogP contribution in [0, 0.1) is 0 Å². The van der Waals surface area contributed by atoms with Crippen LogP contribution in [-0.2, 0) is 7.05 Å². The van der Waals surface area contributed by atoms with E-state index in [0.29, 0.717) is 16.5 Å². The number of ketones is 1. The third-order valence-corrected chi connectivity index (χ3v) is 3.64. The highest BCUT2D eigenvalue weighted by Crippen LogP contribution is 2.36. The van der Waals surface area contributed by atoms with Gasteiger partial charge in [0.15, 0.2) is 0 Å². The molecule has 1 heterocycles. The van der Waals surface area contributed by atoms with Gasteiger partial charge in [-0.3, -0.25) is 4.79 Å². The summed E-state index contributed by atoms with van der Waals surface area (Å²) in [5.74, 6) is -1.82. The molecule has 0 saturated carbocycles. The van der Waals surface area contributed by atoms with Crippen molar-refractivity contribution < 1.29 is 18.0 Å². The standard InChI is InChI=1S/C17H12F3NO/c1-21-13-10-6-5-9-12(13)14(16(22)17(18,19)20)15(21)11-7-3-2-4-8-11/h2-10H,1H3. The fraction of sp³-hybridized carbons (Fsp3) is 0.118. The fourth-order valence-corrected chi connectivity index (χ4v) is 2.70. The fourth-order valence-electron chi connectivity index (χ4n) is 2.70. The minimum atomic E-state index is -4.91. The van der Waals surface area contributed by atoms with Gasteiger partial charge >= 0.3 is 6.18 Å². The molecule has 2 nitrogen and oxygen atoms in total. The average Bonchev–Trinajstić information content (AvgIpc) is 2.80. The van der Waals surface area contributed by atoms with E-state index in [0.717, 1.165) is 0 Å². The van der Waals surface area contributed by atoms with E-state index in [1.807, 2.05) is 0 Å². The first-order valence-electron chi connectivity index (χ1n) is 6.65. The van der Waals surface area contributed by atoms with Gasteiger partial charge in [0, 0.05) is 18.0 Å². The predicted molar refractivity (Wildman–Crippen MR) is 78.7 cm³/mol. The van der Waals surface area contributed by atoms with Crippen LogP contribution in [0.3, 0.4) is 0 Å². The van der Waals surface area contributed by atoms with E-state index in [1.165, 1.54) is 0 Å². The molecule has 0 saturated heterocycles. The number of aromatic nitrogens is 1. The molecule has 0 aliphatic rings. The number of hydrogen-bond donors (Lipinski definition) is 0. The number of para-hydroxylation sites is 1. The lowest BCUT2D eigenvalue weighted by Gasteiger charge is -2.09. The average molecular weight is 303 g/mol. The second-order valence-corrected chi connectivity index (χ2v) is 4.99. The number of nitrogens with zero attached hydrogens (tertiary/aromatic N) is 1. The number of Topliss-reactive ketones (excluding diaryl/α,β-unsaturated/α-hetero) is 1. The number of alkyl halides is 3. The predicted octanol–water partition coefficient (Wildman–Crippen LogP) is 4.59. The first kappa shape index (κ1) is 14.4. The normalized spacial score (nSPS) is 11.8. The maximum Gasteiger partial charge on any atom is 0.454 e. The Morgan fingerprint density at radius 2 is 1.55 bits per heavy atom. The summed E-state index contributed by atoms with van der Waals surface area (Å²) < 4.78 is 40.7. The molecular formula is C17H12F3NO. The zero-order valence-electron chi connectivity index (χ0n) is 11.7. The number of carbonyl (C=O) groups excluding carboxylic acids is 1. The van der Waals surface area contributed by atoms with Crippen LogP contribution in [-0.4, -0.2) is 16.5 Å². The van der Waals surface area contributed by atoms with Gasteiger partial charge in [0.1, 0.15) is 0 Å². The van der Waals surface area contributed by atoms with Crippen molar-refractivity contribution in [3.8, 4) is 11.3 Å². The highest BCUT2D eigenvalue weighted by molar-refractivity contribution is 6.15. The maximum absolute atomic E-state index is 13.0. The number of hydrogen-bond acceptors (Lipinski definition) is 1. The topological polar surface area (TPSA) is 22.0 Å². The van der Waals surface area contributed by atoms with Crippen molar-refractivity contribution in [2.45, 2.75) is 6.18 Å². The van der Waals surface area contributed by atoms with Crippen molar-refractivity contribution in [3.05, 3.63) is 60.2 Å². The Kier molecular flexibility index (Phi) is 3.28. The SMILES string of the molecule is Cn1c(-c2ccccc2)c(C(=O)C(F)(F)F)c2ccccc21. The summed E-state index contributed by atoms with van der Waals surface area (Å²) in [5.41, 5.74) is 1.16. The lowest BCUT2D eigenvalue weighted by Crippen LogP contribution is -2.23. The lowest BCUT2D eigenvalue weighted by atomic mass is 10.0. The Balaban J connectivity index is 2.41. The molecule has 5 heteroatoms. The van der Waals surface area contributed by atoms with Gasteiger partial charge in [0.05, 0.1) is 11.3 Å². The van der Waals surface area contributed by atoms with E-state index < -0.39 is 12.0 Å². The monoisotopic (exact) mass is 303 g/mol. The van der Waals surface area contributed by atoms with Crippen LogP contribution in [0.4, 0.5) is 13.2 Å². The summed E-state index contributed by atoms with van der Waals surface area (Å²) >= 11 is 0. The van der Waals surface area contributed by atoms with E-state index in [-0.39, 0.29) is 11.3 Å². The van der Waals surface area contributed by atoms with Gasteiger partial charge in [0.2, 0.25) is 0 Å². The molecule has 3 rings (SSSR count). The molecule has 1 aromatic heterocycles. The minimum absolute atomic E-state index is 0.282. The third-order valence-electron chi connectivity index (χ3n) is 3.64. The molecule has 0 atom stereocenters. The molecule has 22 heavy (non-hydrogen) atoms. The molecule has 0 aliphatic heterocycles. The molecule has 0 aliphatic carbocycles. The molecule has 0 bridgehead atoms. The molecule has 112 valence electrons. The van der Waals surface area contributed by atoms with Crippen molar-refractivity contribution in [3.63, 3.8) is 0 Å². The third kappa shape index (κ3) is 2.19. The molecule has 0 spiro atoms. The molecule has 0 fully saturated rings. The number of benzene rings is 2. The van der Waals surface area contributed by atoms with Crippen LogP contribution in [0.5, 0.6) is 0 Å². The van der Waals surface area contributed by atoms with Crippen LogP contribution in [0.2, 0.25) is 0 Å². The number of carbonyl (C=O) groups is 1. The summed E-state index contributed by atoms with van der Waals surface area (Å²) in [6.07, 6.45) is -4.91. The van der Waals surface area contributed by atoms with Crippen molar-refractivity contribution in [2.75, 3.05) is 0 Å². The van der Waals surface area contributed by atoms with Gasteiger partial charge in [-0.05, 0) is 11.6 Å². The summed E-state index contributed by atoms with van der Waals surface area (Å²) in [6.45, 7) is 0. The second kappa shape index (κ2) is 5.02. The highest BCUT2D eigenvalue weighted by Gasteiger charge is 2.42. The van der Waals surface area contributed by atoms with Gasteiger partial charge in [0.25, 0.3) is 5.78 Å². The molecule has 2 aromatic carbocycles. The summed E-state index contributed by atoms with van der Waals surface area (Å²) in [4.78, 5) is 11.9. The molecule has 0 N–H and O–H groups in total. The van der Waals surface area contributed by atoms with Crippen LogP contribution in [0.25, 0.3) is 22.2 Å². The number of halogens is 3. The number of fused-ring (bicyclic) bond motifs is 1. The van der Waals surface area contributed by atoms with E-state index in [4.69, 9.17) is 0 Å². The number of aryl methyl sites for hydroxylation is 1. The van der Waals surface area contributed by atoms with Crippen molar-refractivity contribution >= 4 is 16.7 Å². The van der Waals surface area contributed by atoms with Gasteiger partial charge in [-0.2, -0.15) is 13.2 Å². The van der Waals surface area contributed by atoms with Gasteiger partial charge in [-0.15, -0.1) is 0 Å². The Hall–Kier alpha value is -2.56. The Bertz CT molecular complexity index is 847. The Labute approximate surface area is 124 Å². The van der Waals surface area contributed by atoms with E-state index in [1.54, 1.807) is 66.2 Å². The minimum Gasteiger partial charge on any atom is -0.343 e. The van der Waals surface area contributed by atoms with Gasteiger partial charge in [-0.1, -0.05) is 48.5 Å². The van der Waals surface area contributed by atoms with Crippen LogP contribution >= 0.6 is 0 Å². The van der Waals surface area contributed by atoms with Crippen LogP contribution in [0.15, 0.2) is 54.6 Å². The summed E-state index contributed by atoms with van der Waals surface area (Å²) in [6, 6.07) is 15.2. The highest BCUT2D eigenvalue weighted by atomic mass is 19.4. The van der Waals surface area contributed by atoms with Gasteiger partial charge in [-0.25, -0.2) is 0 Å². The van der Waals surface area contributed by atoms with Crippen molar-refractivity contribution in [1.29, 1.82) is 0 Å². The first-order valence-corrected chi connectivity index (χ1v) is 6.65. The van der Waals surface area contributed by atoms with Crippen molar-refractivity contribution in [2.24, 2.45) is 7.05 Å². The van der Waals surface area contributed by atoms with Crippen LogP contribution in [0.1, 0.15) is 10.4 Å². The van der Waals surface area contributed by atoms with Crippen LogP contribution < -0.4 is 0 Å². The Morgan fingerprint density at radius 3 is 2.18 bits per heavy atom. The number of rotatable bonds is 2. The zero-order valence-corrected chi connectivity index (χ0v) is 11.7. The van der Waals surface area contributed by atoms with Gasteiger partial charge < -0.3 is 4.57 Å². The first-order chi connectivity index (χ1) is 10.4. The smallest absolute Gasteiger partial charge is 0.343 e. The lowest BCUT2D eigenvalue weighted by molar-refractivity contribution is -0.0883. The molecule has 3 aromatic rings. The molecular weight excluding hydrogens is 291 g/mol. The second-order valence-electron chi connectivity index (χ2n) is 4.99. The molecule has 0 unspecified atom stereocenters. The molecule has 0 amide bonds. The quantitative estimate of drug-likeness (QED) is 0.635. The van der Waals surface area contributed by atoms with E-state index in [9.17, 15) is 18.0 Å². The Morgan fingerprint density at radius 1 is 0.955 bits per heavy atom. The van der Waals surface area contributed by atoms with E-state index in [2.05, 4.69) is 0 Å². The summed E-state index contributed by atoms with van der Waals surface area (Å²) in [5, 5.41) is 0.311. The maximum atomic E-state index is 13.0. The molecule has 0 radical (unpaired) electrons. The van der Waals surface area contributed by atoms with E-state index >= 15 is 0 Å². The summed E-state index contributed by atoms with van der Waals surface area (Å²) in [7, 11) is 1.66. The largest absolute Gasteiger partial charge is 0.454 e. The van der Waals surface area contributed by atoms with Crippen molar-refractivity contribution in [1.82, 2.24) is 4.57 Å².